The van der Waals surface area contributed by atoms with Gasteiger partial charge in [0.25, 0.3) is 5.91 Å². The summed E-state index contributed by atoms with van der Waals surface area (Å²) in [6.07, 6.45) is 9.21. The largest absolute Gasteiger partial charge is 0.339 e. The number of nitrogens with two attached hydrogens (primary N) is 1. The lowest BCUT2D eigenvalue weighted by atomic mass is 9.83. The van der Waals surface area contributed by atoms with Crippen LogP contribution in [-0.4, -0.2) is 20.4 Å². The summed E-state index contributed by atoms with van der Waals surface area (Å²) in [7, 11) is 1.94. The van der Waals surface area contributed by atoms with Gasteiger partial charge in [-0.25, -0.2) is 4.39 Å². The Bertz CT molecular complexity index is 1290. The first-order valence-corrected chi connectivity index (χ1v) is 10.9. The van der Waals surface area contributed by atoms with Gasteiger partial charge in [-0.1, -0.05) is 0 Å². The zero-order valence-corrected chi connectivity index (χ0v) is 19.2. The monoisotopic (exact) mass is 467 g/mol. The van der Waals surface area contributed by atoms with Gasteiger partial charge in [0.05, 0.1) is 11.7 Å². The summed E-state index contributed by atoms with van der Waals surface area (Å²) < 4.78 is 16.8. The molecule has 2 heterocycles. The zero-order chi connectivity index (χ0) is 22.2. The van der Waals surface area contributed by atoms with E-state index in [4.69, 9.17) is 5.84 Å². The van der Waals surface area contributed by atoms with Crippen LogP contribution >= 0.6 is 12.4 Å². The Hall–Kier alpha value is -3.32. The van der Waals surface area contributed by atoms with Crippen LogP contribution in [0.25, 0.3) is 10.9 Å². The summed E-state index contributed by atoms with van der Waals surface area (Å²) in [6.45, 7) is 0. The van der Waals surface area contributed by atoms with Crippen LogP contribution in [0, 0.1) is 11.7 Å². The van der Waals surface area contributed by atoms with E-state index >= 15 is 0 Å². The fraction of sp³-hybridized carbons (Fsp3) is 0.280. The summed E-state index contributed by atoms with van der Waals surface area (Å²) in [5.74, 6) is 6.37. The third-order valence-corrected chi connectivity index (χ3v) is 6.47. The molecule has 1 aliphatic rings. The minimum Gasteiger partial charge on any atom is -0.339 e. The second-order valence-corrected chi connectivity index (χ2v) is 8.66. The van der Waals surface area contributed by atoms with E-state index < -0.39 is 0 Å². The zero-order valence-electron chi connectivity index (χ0n) is 18.4. The number of amides is 1. The van der Waals surface area contributed by atoms with Crippen molar-refractivity contribution >= 4 is 34.9 Å². The molecule has 1 aliphatic carbocycles. The quantitative estimate of drug-likeness (QED) is 0.420. The van der Waals surface area contributed by atoms with Crippen molar-refractivity contribution in [2.75, 3.05) is 11.2 Å². The number of carbonyl (C=O) groups is 1. The lowest BCUT2D eigenvalue weighted by molar-refractivity contribution is 0.102. The average Bonchev–Trinajstić information content (AvgIpc) is 3.33. The molecule has 0 bridgehead atoms. The standard InChI is InChI=1S/C25H26FN5O.ClH/c1-30-15-17(14-28-30)3-2-16-4-10-23-21(12-16)22-13-20(9-11-24(22)31(23)27)29-25(32)18-5-7-19(26)8-6-18;/h5-9,11,13-16H,2-4,10,12,27H2,1H3,(H,29,32);1H. The molecule has 3 N–H and O–H groups in total. The summed E-state index contributed by atoms with van der Waals surface area (Å²) in [5.41, 5.74) is 5.83. The number of fused-ring (bicyclic) bond motifs is 3. The lowest BCUT2D eigenvalue weighted by Gasteiger charge is -2.23. The van der Waals surface area contributed by atoms with Crippen LogP contribution in [0.4, 0.5) is 10.1 Å². The Morgan fingerprint density at radius 1 is 1.24 bits per heavy atom. The van der Waals surface area contributed by atoms with Crippen molar-refractivity contribution in [1.29, 1.82) is 0 Å². The second-order valence-electron chi connectivity index (χ2n) is 8.66. The van der Waals surface area contributed by atoms with Crippen LogP contribution in [0.3, 0.4) is 0 Å². The number of hydrogen-bond donors (Lipinski definition) is 2. The molecule has 6 nitrogen and oxygen atoms in total. The summed E-state index contributed by atoms with van der Waals surface area (Å²) in [5, 5.41) is 8.28. The molecule has 4 aromatic rings. The molecule has 0 saturated heterocycles. The van der Waals surface area contributed by atoms with Crippen LogP contribution in [0.15, 0.2) is 54.9 Å². The second kappa shape index (κ2) is 9.27. The van der Waals surface area contributed by atoms with Gasteiger partial charge in [-0.15, -0.1) is 12.4 Å². The topological polar surface area (TPSA) is 77.9 Å². The smallest absolute Gasteiger partial charge is 0.255 e. The van der Waals surface area contributed by atoms with E-state index in [0.717, 1.165) is 43.0 Å². The highest BCUT2D eigenvalue weighted by molar-refractivity contribution is 6.05. The first-order valence-electron chi connectivity index (χ1n) is 10.9. The van der Waals surface area contributed by atoms with Crippen molar-refractivity contribution < 1.29 is 9.18 Å². The Morgan fingerprint density at radius 3 is 2.76 bits per heavy atom. The fourth-order valence-corrected chi connectivity index (χ4v) is 4.77. The first-order chi connectivity index (χ1) is 15.5. The summed E-state index contributed by atoms with van der Waals surface area (Å²) in [4.78, 5) is 12.6. The van der Waals surface area contributed by atoms with E-state index in [-0.39, 0.29) is 24.1 Å². The van der Waals surface area contributed by atoms with Crippen molar-refractivity contribution in [2.45, 2.75) is 32.1 Å². The van der Waals surface area contributed by atoms with E-state index in [0.29, 0.717) is 17.2 Å². The minimum atomic E-state index is -0.364. The molecule has 1 atom stereocenters. The van der Waals surface area contributed by atoms with Gasteiger partial charge >= 0.3 is 0 Å². The molecular formula is C25H27ClFN5O. The highest BCUT2D eigenvalue weighted by atomic mass is 35.5. The Labute approximate surface area is 198 Å². The number of aromatic nitrogens is 3. The SMILES string of the molecule is Cl.Cn1cc(CCC2CCc3c(c4cc(NC(=O)c5ccc(F)cc5)ccc4n3N)C2)cn1. The van der Waals surface area contributed by atoms with Gasteiger partial charge in [-0.3, -0.25) is 14.2 Å². The van der Waals surface area contributed by atoms with E-state index in [1.807, 2.05) is 36.1 Å². The number of nitrogens with zero attached hydrogens (tertiary/aromatic N) is 3. The maximum absolute atomic E-state index is 13.1. The molecule has 0 radical (unpaired) electrons. The molecule has 33 heavy (non-hydrogen) atoms. The number of nitrogen functional groups attached to an aromatic ring is 1. The van der Waals surface area contributed by atoms with Crippen molar-refractivity contribution in [2.24, 2.45) is 13.0 Å². The number of nitrogens with one attached hydrogen (secondary N) is 1. The van der Waals surface area contributed by atoms with Crippen LogP contribution in [-0.2, 0) is 26.3 Å². The molecule has 1 unspecified atom stereocenters. The van der Waals surface area contributed by atoms with Crippen LogP contribution in [0.2, 0.25) is 0 Å². The molecule has 172 valence electrons. The number of halogens is 2. The maximum Gasteiger partial charge on any atom is 0.255 e. The summed E-state index contributed by atoms with van der Waals surface area (Å²) >= 11 is 0. The number of aryl methyl sites for hydroxylation is 2. The van der Waals surface area contributed by atoms with Gasteiger partial charge in [0.1, 0.15) is 5.82 Å². The molecule has 1 amide bonds. The fourth-order valence-electron chi connectivity index (χ4n) is 4.77. The highest BCUT2D eigenvalue weighted by Crippen LogP contribution is 2.36. The van der Waals surface area contributed by atoms with Gasteiger partial charge in [0.15, 0.2) is 0 Å². The Morgan fingerprint density at radius 2 is 2.03 bits per heavy atom. The van der Waals surface area contributed by atoms with Gasteiger partial charge in [-0.05, 0) is 91.6 Å². The molecular weight excluding hydrogens is 441 g/mol. The van der Waals surface area contributed by atoms with Crippen LogP contribution in [0.1, 0.15) is 40.0 Å². The minimum absolute atomic E-state index is 0. The van der Waals surface area contributed by atoms with E-state index in [2.05, 4.69) is 16.6 Å². The molecule has 0 saturated carbocycles. The molecule has 8 heteroatoms. The lowest BCUT2D eigenvalue weighted by Crippen LogP contribution is -2.19. The van der Waals surface area contributed by atoms with Gasteiger partial charge in [0, 0.05) is 35.6 Å². The van der Waals surface area contributed by atoms with Crippen LogP contribution in [0.5, 0.6) is 0 Å². The van der Waals surface area contributed by atoms with E-state index in [1.54, 1.807) is 4.68 Å². The number of anilines is 1. The van der Waals surface area contributed by atoms with Crippen molar-refractivity contribution in [3.63, 3.8) is 0 Å². The van der Waals surface area contributed by atoms with Crippen LogP contribution < -0.4 is 11.2 Å². The molecule has 0 spiro atoms. The Kier molecular flexibility index (Phi) is 6.42. The normalized spacial score (nSPS) is 15.2. The third-order valence-electron chi connectivity index (χ3n) is 6.47. The van der Waals surface area contributed by atoms with Gasteiger partial charge < -0.3 is 11.2 Å². The van der Waals surface area contributed by atoms with Crippen molar-refractivity contribution in [3.8, 4) is 0 Å². The maximum atomic E-state index is 13.1. The predicted octanol–water partition coefficient (Wildman–Crippen LogP) is 4.64. The van der Waals surface area contributed by atoms with E-state index in [9.17, 15) is 9.18 Å². The van der Waals surface area contributed by atoms with Crippen molar-refractivity contribution in [3.05, 3.63) is 83.1 Å². The number of benzene rings is 2. The van der Waals surface area contributed by atoms with E-state index in [1.165, 1.54) is 41.1 Å². The molecule has 2 aromatic carbocycles. The Balaban J connectivity index is 0.00000259. The van der Waals surface area contributed by atoms with Crippen molar-refractivity contribution in [1.82, 2.24) is 14.5 Å². The summed E-state index contributed by atoms with van der Waals surface area (Å²) in [6, 6.07) is 11.4. The van der Waals surface area contributed by atoms with Gasteiger partial charge in [0.2, 0.25) is 0 Å². The molecule has 5 rings (SSSR count). The molecule has 0 fully saturated rings. The number of rotatable bonds is 5. The first kappa shape index (κ1) is 22.9. The average molecular weight is 468 g/mol. The third kappa shape index (κ3) is 4.59. The highest BCUT2D eigenvalue weighted by Gasteiger charge is 2.25. The number of carbonyl (C=O) groups excluding carboxylic acids is 1. The van der Waals surface area contributed by atoms with Gasteiger partial charge in [-0.2, -0.15) is 5.10 Å². The molecule has 2 aromatic heterocycles. The predicted molar refractivity (Wildman–Crippen MR) is 131 cm³/mol. The number of hydrogen-bond acceptors (Lipinski definition) is 3. The molecule has 0 aliphatic heterocycles.